The van der Waals surface area contributed by atoms with Crippen molar-refractivity contribution in [3.05, 3.63) is 30.0 Å². The van der Waals surface area contributed by atoms with Crippen molar-refractivity contribution >= 4 is 23.4 Å². The van der Waals surface area contributed by atoms with E-state index < -0.39 is 0 Å². The predicted octanol–water partition coefficient (Wildman–Crippen LogP) is 1.60. The van der Waals surface area contributed by atoms with Crippen LogP contribution in [0.15, 0.2) is 24.4 Å². The first-order valence-corrected chi connectivity index (χ1v) is 8.18. The van der Waals surface area contributed by atoms with E-state index in [1.165, 1.54) is 0 Å². The van der Waals surface area contributed by atoms with Crippen LogP contribution in [0.1, 0.15) is 12.5 Å². The molecule has 1 aliphatic rings. The van der Waals surface area contributed by atoms with Crippen LogP contribution < -0.4 is 15.0 Å². The number of aryl methyl sites for hydroxylation is 1. The van der Waals surface area contributed by atoms with Crippen LogP contribution in [0.2, 0.25) is 0 Å². The van der Waals surface area contributed by atoms with Crippen LogP contribution in [0.25, 0.3) is 0 Å². The van der Waals surface area contributed by atoms with Crippen LogP contribution in [0.3, 0.4) is 0 Å². The minimum Gasteiger partial charge on any atom is -0.495 e. The lowest BCUT2D eigenvalue weighted by atomic mass is 10.2. The molecule has 1 N–H and O–H groups in total. The maximum Gasteiger partial charge on any atom is 0.249 e. The van der Waals surface area contributed by atoms with E-state index in [-0.39, 0.29) is 5.91 Å². The van der Waals surface area contributed by atoms with Crippen LogP contribution in [0.4, 0.5) is 17.5 Å². The molecule has 1 aromatic carbocycles. The molecule has 0 atom stereocenters. The summed E-state index contributed by atoms with van der Waals surface area (Å²) in [6.45, 7) is 6.44. The molecule has 0 radical (unpaired) electrons. The summed E-state index contributed by atoms with van der Waals surface area (Å²) < 4.78 is 5.37. The highest BCUT2D eigenvalue weighted by atomic mass is 16.5. The average molecular weight is 342 g/mol. The van der Waals surface area contributed by atoms with E-state index in [0.717, 1.165) is 35.9 Å². The summed E-state index contributed by atoms with van der Waals surface area (Å²) in [7, 11) is 1.62. The molecule has 2 heterocycles. The third-order valence-electron chi connectivity index (χ3n) is 4.20. The highest BCUT2D eigenvalue weighted by Crippen LogP contribution is 2.27. The number of anilines is 3. The van der Waals surface area contributed by atoms with Gasteiger partial charge in [0, 0.05) is 33.1 Å². The summed E-state index contributed by atoms with van der Waals surface area (Å²) in [5.41, 5.74) is 1.90. The minimum absolute atomic E-state index is 0.106. The fraction of sp³-hybridized carbons (Fsp3) is 0.412. The van der Waals surface area contributed by atoms with Gasteiger partial charge in [0.05, 0.1) is 19.0 Å². The van der Waals surface area contributed by atoms with E-state index >= 15 is 0 Å². The number of piperazine rings is 1. The second kappa shape index (κ2) is 7.33. The Kier molecular flexibility index (Phi) is 4.97. The van der Waals surface area contributed by atoms with Crippen molar-refractivity contribution in [2.75, 3.05) is 43.5 Å². The zero-order chi connectivity index (χ0) is 17.8. The van der Waals surface area contributed by atoms with E-state index in [0.29, 0.717) is 19.0 Å². The summed E-state index contributed by atoms with van der Waals surface area (Å²) in [5, 5.41) is 11.3. The molecule has 8 nitrogen and oxygen atoms in total. The molecule has 0 unspecified atom stereocenters. The maximum atomic E-state index is 11.4. The molecule has 2 aromatic rings. The van der Waals surface area contributed by atoms with Crippen LogP contribution in [-0.4, -0.2) is 59.3 Å². The minimum atomic E-state index is 0.106. The van der Waals surface area contributed by atoms with Crippen molar-refractivity contribution in [2.45, 2.75) is 13.8 Å². The Morgan fingerprint density at radius 2 is 2.00 bits per heavy atom. The van der Waals surface area contributed by atoms with E-state index in [2.05, 4.69) is 25.4 Å². The summed E-state index contributed by atoms with van der Waals surface area (Å²) in [6.07, 6.45) is 1.64. The molecule has 0 bridgehead atoms. The van der Waals surface area contributed by atoms with Crippen molar-refractivity contribution in [1.29, 1.82) is 0 Å². The topological polar surface area (TPSA) is 83.5 Å². The van der Waals surface area contributed by atoms with Crippen molar-refractivity contribution in [1.82, 2.24) is 20.1 Å². The number of carbonyl (C=O) groups is 1. The fourth-order valence-corrected chi connectivity index (χ4v) is 2.79. The molecule has 1 amide bonds. The van der Waals surface area contributed by atoms with Crippen molar-refractivity contribution in [2.24, 2.45) is 0 Å². The second-order valence-electron chi connectivity index (χ2n) is 5.96. The van der Waals surface area contributed by atoms with Gasteiger partial charge in [0.1, 0.15) is 5.75 Å². The number of nitrogens with zero attached hydrogens (tertiary/aromatic N) is 5. The quantitative estimate of drug-likeness (QED) is 0.903. The van der Waals surface area contributed by atoms with Crippen molar-refractivity contribution in [3.63, 3.8) is 0 Å². The number of ether oxygens (including phenoxy) is 1. The van der Waals surface area contributed by atoms with E-state index in [4.69, 9.17) is 4.74 Å². The van der Waals surface area contributed by atoms with Gasteiger partial charge in [-0.2, -0.15) is 10.1 Å². The smallest absolute Gasteiger partial charge is 0.249 e. The standard InChI is InChI=1S/C17H22N6O2/c1-12-4-5-15(25-3)14(10-12)19-17-20-16(11-18-21-17)23-8-6-22(7-9-23)13(2)24/h4-5,10-11H,6-9H2,1-3H3,(H,19,20,21). The molecule has 0 aliphatic carbocycles. The lowest BCUT2D eigenvalue weighted by Gasteiger charge is -2.34. The number of carbonyl (C=O) groups excluding carboxylic acids is 1. The summed E-state index contributed by atoms with van der Waals surface area (Å²) in [5.74, 6) is 1.98. The fourth-order valence-electron chi connectivity index (χ4n) is 2.79. The van der Waals surface area contributed by atoms with Gasteiger partial charge in [-0.1, -0.05) is 6.07 Å². The number of nitrogens with one attached hydrogen (secondary N) is 1. The first-order valence-electron chi connectivity index (χ1n) is 8.18. The molecule has 1 fully saturated rings. The summed E-state index contributed by atoms with van der Waals surface area (Å²) in [6, 6.07) is 5.85. The van der Waals surface area contributed by atoms with E-state index in [9.17, 15) is 4.79 Å². The number of aromatic nitrogens is 3. The highest BCUT2D eigenvalue weighted by molar-refractivity contribution is 5.73. The molecule has 132 valence electrons. The molecule has 8 heteroatoms. The normalized spacial score (nSPS) is 14.4. The van der Waals surface area contributed by atoms with Crippen molar-refractivity contribution in [3.8, 4) is 5.75 Å². The third-order valence-corrected chi connectivity index (χ3v) is 4.20. The maximum absolute atomic E-state index is 11.4. The van der Waals surface area contributed by atoms with Gasteiger partial charge in [0.15, 0.2) is 5.82 Å². The SMILES string of the molecule is COc1ccc(C)cc1Nc1nncc(N2CCN(C(C)=O)CC2)n1. The summed E-state index contributed by atoms with van der Waals surface area (Å²) >= 11 is 0. The van der Waals surface area contributed by atoms with Gasteiger partial charge in [-0.3, -0.25) is 4.79 Å². The number of methoxy groups -OCH3 is 1. The number of amides is 1. The van der Waals surface area contributed by atoms with Crippen LogP contribution in [-0.2, 0) is 4.79 Å². The lowest BCUT2D eigenvalue weighted by Crippen LogP contribution is -2.48. The number of hydrogen-bond donors (Lipinski definition) is 1. The first kappa shape index (κ1) is 16.9. The molecule has 0 saturated carbocycles. The molecule has 0 spiro atoms. The Morgan fingerprint density at radius 3 is 2.68 bits per heavy atom. The van der Waals surface area contributed by atoms with Crippen LogP contribution in [0.5, 0.6) is 5.75 Å². The molecule has 1 aliphatic heterocycles. The Hall–Kier alpha value is -2.90. The zero-order valence-electron chi connectivity index (χ0n) is 14.7. The van der Waals surface area contributed by atoms with Gasteiger partial charge in [-0.15, -0.1) is 5.10 Å². The number of hydrogen-bond acceptors (Lipinski definition) is 7. The number of benzene rings is 1. The monoisotopic (exact) mass is 342 g/mol. The van der Waals surface area contributed by atoms with Gasteiger partial charge in [0.25, 0.3) is 0 Å². The highest BCUT2D eigenvalue weighted by Gasteiger charge is 2.20. The van der Waals surface area contributed by atoms with Gasteiger partial charge < -0.3 is 19.9 Å². The molecule has 1 aromatic heterocycles. The molecule has 3 rings (SSSR count). The molecular formula is C17H22N6O2. The predicted molar refractivity (Wildman–Crippen MR) is 95.3 cm³/mol. The Balaban J connectivity index is 1.74. The summed E-state index contributed by atoms with van der Waals surface area (Å²) in [4.78, 5) is 19.9. The van der Waals surface area contributed by atoms with Gasteiger partial charge in [-0.05, 0) is 24.6 Å². The zero-order valence-corrected chi connectivity index (χ0v) is 14.7. The molecule has 1 saturated heterocycles. The van der Waals surface area contributed by atoms with Crippen LogP contribution >= 0.6 is 0 Å². The Labute approximate surface area is 146 Å². The van der Waals surface area contributed by atoms with E-state index in [1.54, 1.807) is 20.2 Å². The number of rotatable bonds is 4. The van der Waals surface area contributed by atoms with Crippen LogP contribution in [0, 0.1) is 6.92 Å². The van der Waals surface area contributed by atoms with Gasteiger partial charge in [0.2, 0.25) is 11.9 Å². The lowest BCUT2D eigenvalue weighted by molar-refractivity contribution is -0.129. The van der Waals surface area contributed by atoms with Gasteiger partial charge >= 0.3 is 0 Å². The Morgan fingerprint density at radius 1 is 1.24 bits per heavy atom. The first-order chi connectivity index (χ1) is 12.1. The van der Waals surface area contributed by atoms with E-state index in [1.807, 2.05) is 30.0 Å². The largest absolute Gasteiger partial charge is 0.495 e. The second-order valence-corrected chi connectivity index (χ2v) is 5.96. The third kappa shape index (κ3) is 3.96. The average Bonchev–Trinajstić information content (AvgIpc) is 2.62. The van der Waals surface area contributed by atoms with Gasteiger partial charge in [-0.25, -0.2) is 0 Å². The molecule has 25 heavy (non-hydrogen) atoms. The van der Waals surface area contributed by atoms with Crippen molar-refractivity contribution < 1.29 is 9.53 Å². The Bertz CT molecular complexity index is 759. The molecular weight excluding hydrogens is 320 g/mol.